The molecular weight excluding hydrogens is 427 g/mol. The molecule has 0 aliphatic carbocycles. The lowest BCUT2D eigenvalue weighted by Crippen LogP contribution is -2.71. The van der Waals surface area contributed by atoms with Gasteiger partial charge in [-0.15, -0.1) is 0 Å². The average Bonchev–Trinajstić information content (AvgIpc) is 2.41. The van der Waals surface area contributed by atoms with Crippen LogP contribution in [0.1, 0.15) is 20.8 Å². The summed E-state index contributed by atoms with van der Waals surface area (Å²) >= 11 is 0. The van der Waals surface area contributed by atoms with Crippen molar-refractivity contribution in [1.29, 1.82) is 0 Å². The highest BCUT2D eigenvalue weighted by molar-refractivity contribution is 5.78. The van der Waals surface area contributed by atoms with E-state index in [2.05, 4.69) is 9.78 Å². The van der Waals surface area contributed by atoms with Gasteiger partial charge in [0.1, 0.15) is 5.60 Å². The van der Waals surface area contributed by atoms with Crippen molar-refractivity contribution < 1.29 is 71.6 Å². The first-order valence-corrected chi connectivity index (χ1v) is 6.24. The third kappa shape index (κ3) is 4.03. The van der Waals surface area contributed by atoms with Gasteiger partial charge in [-0.25, -0.2) is 4.79 Å². The first-order valence-electron chi connectivity index (χ1n) is 6.24. The van der Waals surface area contributed by atoms with Crippen molar-refractivity contribution in [3.05, 3.63) is 0 Å². The van der Waals surface area contributed by atoms with Gasteiger partial charge >= 0.3 is 41.8 Å². The summed E-state index contributed by atoms with van der Waals surface area (Å²) in [6, 6.07) is 0. The Kier molecular flexibility index (Phi) is 6.19. The Hall–Kier alpha value is -1.48. The molecule has 0 saturated heterocycles. The van der Waals surface area contributed by atoms with Gasteiger partial charge < -0.3 is 0 Å². The zero-order valence-electron chi connectivity index (χ0n) is 13.1. The van der Waals surface area contributed by atoms with E-state index >= 15 is 0 Å². The van der Waals surface area contributed by atoms with E-state index in [4.69, 9.17) is 0 Å². The fourth-order valence-electron chi connectivity index (χ4n) is 1.11. The molecule has 0 amide bonds. The largest absolute Gasteiger partial charge is 0.460 e. The summed E-state index contributed by atoms with van der Waals surface area (Å²) < 4.78 is 166. The maximum absolute atomic E-state index is 13.2. The van der Waals surface area contributed by atoms with Crippen molar-refractivity contribution in [2.45, 2.75) is 62.2 Å². The van der Waals surface area contributed by atoms with Crippen LogP contribution in [-0.2, 0) is 14.6 Å². The SMILES string of the molecule is CC(C)(C)OOC(=O)C(F)(F)C(F)(F)C(F)(F)C(F)(F)C(F)(F)C(F)(F)F. The van der Waals surface area contributed by atoms with E-state index in [1.165, 1.54) is 0 Å². The molecule has 0 fully saturated rings. The Bertz CT molecular complexity index is 559. The lowest BCUT2D eigenvalue weighted by atomic mass is 9.94. The molecule has 3 nitrogen and oxygen atoms in total. The zero-order valence-corrected chi connectivity index (χ0v) is 13.1. The highest BCUT2D eigenvalue weighted by Crippen LogP contribution is 2.60. The Labute approximate surface area is 141 Å². The van der Waals surface area contributed by atoms with Crippen LogP contribution in [-0.4, -0.2) is 47.4 Å². The number of carbonyl (C=O) groups excluding carboxylic acids is 1. The van der Waals surface area contributed by atoms with Crippen LogP contribution in [0.2, 0.25) is 0 Å². The molecule has 0 aliphatic heterocycles. The molecule has 0 N–H and O–H groups in total. The van der Waals surface area contributed by atoms with Gasteiger partial charge in [0.15, 0.2) is 0 Å². The van der Waals surface area contributed by atoms with Gasteiger partial charge in [-0.05, 0) is 20.8 Å². The van der Waals surface area contributed by atoms with Gasteiger partial charge in [-0.2, -0.15) is 62.0 Å². The molecule has 0 rings (SSSR count). The van der Waals surface area contributed by atoms with E-state index in [0.717, 1.165) is 20.8 Å². The van der Waals surface area contributed by atoms with E-state index in [1.54, 1.807) is 0 Å². The molecule has 0 unspecified atom stereocenters. The number of hydrogen-bond donors (Lipinski definition) is 0. The molecule has 27 heavy (non-hydrogen) atoms. The highest BCUT2D eigenvalue weighted by Gasteiger charge is 2.92. The standard InChI is InChI=1S/C11H9F13O3/c1-5(2,3)27-26-4(25)6(12,13)7(14,15)8(16,17)9(18,19)10(20,21)11(22,23)24/h1-3H3. The molecular formula is C11H9F13O3. The predicted octanol–water partition coefficient (Wildman–Crippen LogP) is 5.00. The lowest BCUT2D eigenvalue weighted by Gasteiger charge is -2.38. The Morgan fingerprint density at radius 3 is 1.22 bits per heavy atom. The molecule has 0 saturated carbocycles. The summed E-state index contributed by atoms with van der Waals surface area (Å²) in [7, 11) is 0. The fraction of sp³-hybridized carbons (Fsp3) is 0.909. The maximum Gasteiger partial charge on any atom is 0.460 e. The minimum atomic E-state index is -8.09. The van der Waals surface area contributed by atoms with Crippen molar-refractivity contribution >= 4 is 5.97 Å². The Morgan fingerprint density at radius 2 is 0.926 bits per heavy atom. The lowest BCUT2D eigenvalue weighted by molar-refractivity contribution is -0.439. The molecule has 162 valence electrons. The molecule has 0 heterocycles. The quantitative estimate of drug-likeness (QED) is 0.334. The summed E-state index contributed by atoms with van der Waals surface area (Å²) in [6.45, 7) is 2.84. The van der Waals surface area contributed by atoms with Crippen LogP contribution in [0.15, 0.2) is 0 Å². The molecule has 0 bridgehead atoms. The van der Waals surface area contributed by atoms with E-state index in [1.807, 2.05) is 0 Å². The second-order valence-electron chi connectivity index (χ2n) is 5.94. The average molecular weight is 436 g/mol. The summed E-state index contributed by atoms with van der Waals surface area (Å²) in [4.78, 5) is 17.6. The van der Waals surface area contributed by atoms with Gasteiger partial charge in [0.25, 0.3) is 0 Å². The van der Waals surface area contributed by atoms with Crippen molar-refractivity contribution in [3.8, 4) is 0 Å². The monoisotopic (exact) mass is 436 g/mol. The molecule has 0 aromatic heterocycles. The molecule has 0 aliphatic rings. The van der Waals surface area contributed by atoms with E-state index in [0.29, 0.717) is 0 Å². The smallest absolute Gasteiger partial charge is 0.291 e. The van der Waals surface area contributed by atoms with Gasteiger partial charge in [-0.1, -0.05) is 0 Å². The first kappa shape index (κ1) is 25.5. The Morgan fingerprint density at radius 1 is 0.593 bits per heavy atom. The van der Waals surface area contributed by atoms with Gasteiger partial charge in [0, 0.05) is 0 Å². The third-order valence-corrected chi connectivity index (χ3v) is 2.56. The topological polar surface area (TPSA) is 35.5 Å². The second-order valence-corrected chi connectivity index (χ2v) is 5.94. The molecule has 0 atom stereocenters. The van der Waals surface area contributed by atoms with Crippen LogP contribution in [0.4, 0.5) is 57.1 Å². The fourth-order valence-corrected chi connectivity index (χ4v) is 1.11. The summed E-state index contributed by atoms with van der Waals surface area (Å²) in [5.74, 6) is -42.5. The van der Waals surface area contributed by atoms with Crippen LogP contribution < -0.4 is 0 Å². The van der Waals surface area contributed by atoms with E-state index in [-0.39, 0.29) is 0 Å². The zero-order chi connectivity index (χ0) is 22.5. The predicted molar refractivity (Wildman–Crippen MR) is 57.7 cm³/mol. The van der Waals surface area contributed by atoms with Crippen molar-refractivity contribution in [2.24, 2.45) is 0 Å². The first-order chi connectivity index (χ1) is 11.4. The van der Waals surface area contributed by atoms with Crippen molar-refractivity contribution in [2.75, 3.05) is 0 Å². The van der Waals surface area contributed by atoms with E-state index in [9.17, 15) is 61.9 Å². The van der Waals surface area contributed by atoms with Crippen LogP contribution in [0, 0.1) is 0 Å². The number of rotatable bonds is 6. The van der Waals surface area contributed by atoms with Crippen LogP contribution in [0.25, 0.3) is 0 Å². The summed E-state index contributed by atoms with van der Waals surface area (Å²) in [5, 5.41) is 0. The Balaban J connectivity index is 6.12. The molecule has 0 radical (unpaired) electrons. The number of alkyl halides is 13. The highest BCUT2D eigenvalue weighted by atomic mass is 19.4. The number of hydrogen-bond acceptors (Lipinski definition) is 3. The summed E-state index contributed by atoms with van der Waals surface area (Å²) in [5.41, 5.74) is -1.71. The normalized spacial score (nSPS) is 15.7. The summed E-state index contributed by atoms with van der Waals surface area (Å²) in [6.07, 6.45) is -7.53. The number of halogens is 13. The maximum atomic E-state index is 13.2. The van der Waals surface area contributed by atoms with Gasteiger partial charge in [0.2, 0.25) is 0 Å². The molecule has 0 aromatic rings. The second kappa shape index (κ2) is 6.55. The van der Waals surface area contributed by atoms with E-state index < -0.39 is 47.4 Å². The number of carbonyl (C=O) groups is 1. The minimum Gasteiger partial charge on any atom is -0.291 e. The van der Waals surface area contributed by atoms with Gasteiger partial charge in [0.05, 0.1) is 0 Å². The van der Waals surface area contributed by atoms with Crippen LogP contribution in [0.3, 0.4) is 0 Å². The molecule has 0 spiro atoms. The van der Waals surface area contributed by atoms with Crippen LogP contribution >= 0.6 is 0 Å². The van der Waals surface area contributed by atoms with Crippen molar-refractivity contribution in [3.63, 3.8) is 0 Å². The van der Waals surface area contributed by atoms with Gasteiger partial charge in [-0.3, -0.25) is 4.89 Å². The van der Waals surface area contributed by atoms with Crippen LogP contribution in [0.5, 0.6) is 0 Å². The minimum absolute atomic E-state index is 0.948. The third-order valence-electron chi connectivity index (χ3n) is 2.56. The van der Waals surface area contributed by atoms with Crippen molar-refractivity contribution in [1.82, 2.24) is 0 Å². The molecule has 0 aromatic carbocycles. The molecule has 16 heteroatoms.